The number of aromatic nitrogens is 2. The Morgan fingerprint density at radius 2 is 2.06 bits per heavy atom. The molecule has 16 heavy (non-hydrogen) atoms. The van der Waals surface area contributed by atoms with E-state index < -0.39 is 5.41 Å². The van der Waals surface area contributed by atoms with E-state index in [0.717, 1.165) is 16.6 Å². The van der Waals surface area contributed by atoms with Crippen molar-refractivity contribution in [3.8, 4) is 6.07 Å². The zero-order valence-corrected chi connectivity index (χ0v) is 8.41. The van der Waals surface area contributed by atoms with Crippen molar-refractivity contribution in [3.63, 3.8) is 0 Å². The molecule has 0 radical (unpaired) electrons. The lowest BCUT2D eigenvalue weighted by atomic mass is 9.80. The van der Waals surface area contributed by atoms with E-state index in [9.17, 15) is 4.79 Å². The first-order chi connectivity index (χ1) is 7.73. The van der Waals surface area contributed by atoms with Crippen molar-refractivity contribution < 1.29 is 4.74 Å². The van der Waals surface area contributed by atoms with Gasteiger partial charge in [-0.2, -0.15) is 5.26 Å². The highest BCUT2D eigenvalue weighted by molar-refractivity contribution is 5.75. The Labute approximate surface area is 90.7 Å². The minimum atomic E-state index is -0.539. The monoisotopic (exact) mass is 215 g/mol. The molecule has 1 saturated heterocycles. The Morgan fingerprint density at radius 3 is 2.69 bits per heavy atom. The van der Waals surface area contributed by atoms with Crippen LogP contribution in [0, 0.1) is 11.3 Å². The SMILES string of the molecule is N#CC1(c2ccc3[nH]c(=O)[nH]c3c2)COC1. The number of imidazole rings is 1. The van der Waals surface area contributed by atoms with Gasteiger partial charge in [0.25, 0.3) is 0 Å². The molecule has 5 nitrogen and oxygen atoms in total. The average Bonchev–Trinajstić information content (AvgIpc) is 2.56. The topological polar surface area (TPSA) is 81.7 Å². The van der Waals surface area contributed by atoms with E-state index in [1.54, 1.807) is 6.07 Å². The molecule has 80 valence electrons. The second kappa shape index (κ2) is 2.97. The lowest BCUT2D eigenvalue weighted by molar-refractivity contribution is -0.0297. The fraction of sp³-hybridized carbons (Fsp3) is 0.273. The summed E-state index contributed by atoms with van der Waals surface area (Å²) in [6.45, 7) is 0.841. The molecule has 0 amide bonds. The number of ether oxygens (including phenoxy) is 1. The first-order valence-electron chi connectivity index (χ1n) is 4.95. The normalized spacial score (nSPS) is 17.9. The molecule has 5 heteroatoms. The summed E-state index contributed by atoms with van der Waals surface area (Å²) in [5, 5.41) is 9.16. The van der Waals surface area contributed by atoms with Gasteiger partial charge in [-0.3, -0.25) is 0 Å². The smallest absolute Gasteiger partial charge is 0.323 e. The molecule has 1 aromatic carbocycles. The van der Waals surface area contributed by atoms with E-state index in [-0.39, 0.29) is 5.69 Å². The number of aromatic amines is 2. The van der Waals surface area contributed by atoms with E-state index in [1.807, 2.05) is 12.1 Å². The fourth-order valence-corrected chi connectivity index (χ4v) is 1.93. The molecule has 0 saturated carbocycles. The molecule has 2 aromatic rings. The maximum Gasteiger partial charge on any atom is 0.323 e. The van der Waals surface area contributed by atoms with Crippen LogP contribution in [0.2, 0.25) is 0 Å². The first kappa shape index (κ1) is 9.19. The largest absolute Gasteiger partial charge is 0.377 e. The van der Waals surface area contributed by atoms with Crippen LogP contribution in [-0.4, -0.2) is 23.2 Å². The second-order valence-corrected chi connectivity index (χ2v) is 4.03. The first-order valence-corrected chi connectivity index (χ1v) is 4.95. The standard InChI is InChI=1S/C11H9N3O2/c12-4-11(5-16-6-11)7-1-2-8-9(3-7)14-10(15)13-8/h1-3H,5-6H2,(H2,13,14,15). The Morgan fingerprint density at radius 1 is 1.31 bits per heavy atom. The summed E-state index contributed by atoms with van der Waals surface area (Å²) in [5.41, 5.74) is 1.60. The van der Waals surface area contributed by atoms with Gasteiger partial charge in [0.05, 0.1) is 30.3 Å². The van der Waals surface area contributed by atoms with Gasteiger partial charge >= 0.3 is 5.69 Å². The number of H-pyrrole nitrogens is 2. The molecule has 0 atom stereocenters. The van der Waals surface area contributed by atoms with Crippen molar-refractivity contribution in [1.82, 2.24) is 9.97 Å². The van der Waals surface area contributed by atoms with Gasteiger partial charge in [-0.25, -0.2) is 4.79 Å². The van der Waals surface area contributed by atoms with Gasteiger partial charge in [0.15, 0.2) is 0 Å². The maximum atomic E-state index is 11.1. The van der Waals surface area contributed by atoms with E-state index in [0.29, 0.717) is 13.2 Å². The Bertz CT molecular complexity index is 643. The van der Waals surface area contributed by atoms with Crippen molar-refractivity contribution in [2.45, 2.75) is 5.41 Å². The molecule has 0 unspecified atom stereocenters. The number of fused-ring (bicyclic) bond motifs is 1. The highest BCUT2D eigenvalue weighted by atomic mass is 16.5. The third-order valence-electron chi connectivity index (χ3n) is 2.98. The Balaban J connectivity index is 2.18. The lowest BCUT2D eigenvalue weighted by Gasteiger charge is -2.35. The summed E-state index contributed by atoms with van der Waals surface area (Å²) >= 11 is 0. The molecule has 1 aromatic heterocycles. The van der Waals surface area contributed by atoms with Crippen molar-refractivity contribution in [1.29, 1.82) is 5.26 Å². The van der Waals surface area contributed by atoms with Crippen molar-refractivity contribution in [3.05, 3.63) is 34.2 Å². The van der Waals surface area contributed by atoms with Crippen LogP contribution in [0.15, 0.2) is 23.0 Å². The molecular weight excluding hydrogens is 206 g/mol. The minimum Gasteiger partial charge on any atom is -0.377 e. The molecule has 0 spiro atoms. The number of rotatable bonds is 1. The summed E-state index contributed by atoms with van der Waals surface area (Å²) in [7, 11) is 0. The van der Waals surface area contributed by atoms with Gasteiger partial charge in [-0.15, -0.1) is 0 Å². The predicted molar refractivity (Wildman–Crippen MR) is 57.0 cm³/mol. The molecule has 1 aliphatic heterocycles. The van der Waals surface area contributed by atoms with Crippen molar-refractivity contribution in [2.75, 3.05) is 13.2 Å². The predicted octanol–water partition coefficient (Wildman–Crippen LogP) is 0.648. The van der Waals surface area contributed by atoms with Crippen molar-refractivity contribution in [2.24, 2.45) is 0 Å². The summed E-state index contributed by atoms with van der Waals surface area (Å²) in [5.74, 6) is 0. The summed E-state index contributed by atoms with van der Waals surface area (Å²) in [6, 6.07) is 7.77. The van der Waals surface area contributed by atoms with E-state index in [4.69, 9.17) is 10.00 Å². The number of nitrogens with one attached hydrogen (secondary N) is 2. The summed E-state index contributed by atoms with van der Waals surface area (Å²) < 4.78 is 5.10. The van der Waals surface area contributed by atoms with Gasteiger partial charge in [0.2, 0.25) is 0 Å². The molecule has 3 rings (SSSR count). The zero-order valence-electron chi connectivity index (χ0n) is 8.41. The second-order valence-electron chi connectivity index (χ2n) is 4.03. The van der Waals surface area contributed by atoms with Crippen LogP contribution in [0.5, 0.6) is 0 Å². The number of benzene rings is 1. The van der Waals surface area contributed by atoms with Gasteiger partial charge in [0, 0.05) is 0 Å². The number of nitrogens with zero attached hydrogens (tertiary/aromatic N) is 1. The quantitative estimate of drug-likeness (QED) is 0.732. The number of nitriles is 1. The summed E-state index contributed by atoms with van der Waals surface area (Å²) in [4.78, 5) is 16.4. The fourth-order valence-electron chi connectivity index (χ4n) is 1.93. The van der Waals surface area contributed by atoms with Gasteiger partial charge in [0.1, 0.15) is 5.41 Å². The highest BCUT2D eigenvalue weighted by Gasteiger charge is 2.40. The van der Waals surface area contributed by atoms with Crippen LogP contribution in [-0.2, 0) is 10.2 Å². The van der Waals surface area contributed by atoms with Gasteiger partial charge in [-0.1, -0.05) is 6.07 Å². The van der Waals surface area contributed by atoms with Crippen molar-refractivity contribution >= 4 is 11.0 Å². The Hall–Kier alpha value is -2.06. The van der Waals surface area contributed by atoms with E-state index >= 15 is 0 Å². The summed E-state index contributed by atoms with van der Waals surface area (Å²) in [6.07, 6.45) is 0. The van der Waals surface area contributed by atoms with Gasteiger partial charge in [-0.05, 0) is 17.7 Å². The zero-order chi connectivity index (χ0) is 11.2. The Kier molecular flexibility index (Phi) is 1.70. The number of hydrogen-bond acceptors (Lipinski definition) is 3. The van der Waals surface area contributed by atoms with Crippen LogP contribution < -0.4 is 5.69 Å². The van der Waals surface area contributed by atoms with Gasteiger partial charge < -0.3 is 14.7 Å². The third kappa shape index (κ3) is 1.11. The number of hydrogen-bond donors (Lipinski definition) is 2. The molecule has 0 bridgehead atoms. The minimum absolute atomic E-state index is 0.233. The lowest BCUT2D eigenvalue weighted by Crippen LogP contribution is -2.45. The average molecular weight is 215 g/mol. The molecule has 1 aliphatic rings. The maximum absolute atomic E-state index is 11.1. The van der Waals surface area contributed by atoms with Crippen LogP contribution in [0.3, 0.4) is 0 Å². The molecule has 0 aliphatic carbocycles. The van der Waals surface area contributed by atoms with Crippen LogP contribution in [0.1, 0.15) is 5.56 Å². The molecular formula is C11H9N3O2. The molecule has 2 N–H and O–H groups in total. The third-order valence-corrected chi connectivity index (χ3v) is 2.98. The highest BCUT2D eigenvalue weighted by Crippen LogP contribution is 2.32. The molecule has 2 heterocycles. The van der Waals surface area contributed by atoms with E-state index in [1.165, 1.54) is 0 Å². The molecule has 1 fully saturated rings. The van der Waals surface area contributed by atoms with Crippen LogP contribution in [0.4, 0.5) is 0 Å². The van der Waals surface area contributed by atoms with Crippen LogP contribution in [0.25, 0.3) is 11.0 Å². The van der Waals surface area contributed by atoms with E-state index in [2.05, 4.69) is 16.0 Å². The van der Waals surface area contributed by atoms with Crippen LogP contribution >= 0.6 is 0 Å².